The number of benzene rings is 2. The van der Waals surface area contributed by atoms with Crippen molar-refractivity contribution in [2.45, 2.75) is 32.0 Å². The van der Waals surface area contributed by atoms with Crippen LogP contribution in [0.4, 0.5) is 0 Å². The zero-order valence-corrected chi connectivity index (χ0v) is 16.8. The number of thioether (sulfide) groups is 1. The molecule has 0 aliphatic carbocycles. The van der Waals surface area contributed by atoms with Crippen molar-refractivity contribution in [3.63, 3.8) is 0 Å². The fourth-order valence-electron chi connectivity index (χ4n) is 3.26. The first kappa shape index (κ1) is 18.6. The minimum absolute atomic E-state index is 0.0169. The van der Waals surface area contributed by atoms with Gasteiger partial charge in [0, 0.05) is 12.3 Å². The number of para-hydroxylation sites is 2. The molecule has 28 heavy (non-hydrogen) atoms. The molecule has 2 aromatic heterocycles. The molecule has 0 aliphatic heterocycles. The highest BCUT2D eigenvalue weighted by molar-refractivity contribution is 7.99. The number of aryl methyl sites for hydroxylation is 2. The Labute approximate surface area is 167 Å². The van der Waals surface area contributed by atoms with Crippen molar-refractivity contribution < 1.29 is 4.74 Å². The maximum atomic E-state index is 12.8. The smallest absolute Gasteiger partial charge is 0.262 e. The van der Waals surface area contributed by atoms with Crippen LogP contribution in [0, 0.1) is 6.92 Å². The minimum atomic E-state index is -0.0169. The number of hydrogen-bond acceptors (Lipinski definition) is 5. The fourth-order valence-corrected chi connectivity index (χ4v) is 4.01. The second-order valence-electron chi connectivity index (χ2n) is 6.55. The number of fused-ring (bicyclic) bond motifs is 3. The summed E-state index contributed by atoms with van der Waals surface area (Å²) in [7, 11) is 0. The van der Waals surface area contributed by atoms with Crippen LogP contribution in [-0.2, 0) is 6.54 Å². The molecule has 7 heteroatoms. The average molecular weight is 395 g/mol. The molecule has 0 bridgehead atoms. The Morgan fingerprint density at radius 3 is 2.68 bits per heavy atom. The van der Waals surface area contributed by atoms with E-state index >= 15 is 0 Å². The molecule has 2 aromatic carbocycles. The largest absolute Gasteiger partial charge is 0.492 e. The number of nitrogens with zero attached hydrogens (tertiary/aromatic N) is 4. The predicted molar refractivity (Wildman–Crippen MR) is 112 cm³/mol. The summed E-state index contributed by atoms with van der Waals surface area (Å²) in [5, 5.41) is 10.1. The Balaban J connectivity index is 1.63. The minimum Gasteiger partial charge on any atom is -0.492 e. The van der Waals surface area contributed by atoms with Crippen LogP contribution in [0.3, 0.4) is 0 Å². The molecular weight excluding hydrogens is 372 g/mol. The second-order valence-corrected chi connectivity index (χ2v) is 7.62. The molecule has 0 unspecified atom stereocenters. The number of ether oxygens (including phenoxy) is 1. The van der Waals surface area contributed by atoms with Gasteiger partial charge in [0.25, 0.3) is 5.56 Å². The summed E-state index contributed by atoms with van der Waals surface area (Å²) in [6.07, 6.45) is 0.855. The first-order valence-electron chi connectivity index (χ1n) is 9.38. The van der Waals surface area contributed by atoms with Gasteiger partial charge in [0.1, 0.15) is 5.75 Å². The third-order valence-corrected chi connectivity index (χ3v) is 5.48. The molecule has 0 radical (unpaired) electrons. The van der Waals surface area contributed by atoms with Crippen molar-refractivity contribution in [1.29, 1.82) is 0 Å². The van der Waals surface area contributed by atoms with Crippen molar-refractivity contribution in [2.75, 3.05) is 12.4 Å². The Morgan fingerprint density at radius 2 is 1.86 bits per heavy atom. The van der Waals surface area contributed by atoms with Gasteiger partial charge in [0.2, 0.25) is 5.78 Å². The third kappa shape index (κ3) is 3.38. The van der Waals surface area contributed by atoms with Crippen LogP contribution in [0.1, 0.15) is 18.9 Å². The van der Waals surface area contributed by atoms with E-state index < -0.39 is 0 Å². The van der Waals surface area contributed by atoms with Crippen LogP contribution in [0.5, 0.6) is 5.75 Å². The van der Waals surface area contributed by atoms with Crippen LogP contribution in [0.15, 0.2) is 58.5 Å². The monoisotopic (exact) mass is 394 g/mol. The van der Waals surface area contributed by atoms with Gasteiger partial charge in [-0.15, -0.1) is 10.2 Å². The lowest BCUT2D eigenvalue weighted by molar-refractivity contribution is 0.341. The second kappa shape index (κ2) is 8.06. The van der Waals surface area contributed by atoms with E-state index in [1.165, 1.54) is 0 Å². The van der Waals surface area contributed by atoms with E-state index in [1.54, 1.807) is 16.3 Å². The SMILES string of the molecule is CCCn1c(=O)c2ccccc2n2c(SCCOc3ccccc3C)nnc12. The maximum Gasteiger partial charge on any atom is 0.262 e. The van der Waals surface area contributed by atoms with E-state index in [4.69, 9.17) is 4.74 Å². The van der Waals surface area contributed by atoms with Crippen LogP contribution >= 0.6 is 11.8 Å². The van der Waals surface area contributed by atoms with E-state index in [9.17, 15) is 4.79 Å². The summed E-state index contributed by atoms with van der Waals surface area (Å²) in [6.45, 7) is 5.27. The van der Waals surface area contributed by atoms with Crippen molar-refractivity contribution in [3.05, 3.63) is 64.4 Å². The molecule has 2 heterocycles. The van der Waals surface area contributed by atoms with Crippen molar-refractivity contribution in [3.8, 4) is 5.75 Å². The highest BCUT2D eigenvalue weighted by Crippen LogP contribution is 2.22. The van der Waals surface area contributed by atoms with Gasteiger partial charge in [0.05, 0.1) is 17.5 Å². The highest BCUT2D eigenvalue weighted by Gasteiger charge is 2.16. The van der Waals surface area contributed by atoms with Crippen LogP contribution in [0.25, 0.3) is 16.7 Å². The van der Waals surface area contributed by atoms with Crippen molar-refractivity contribution in [1.82, 2.24) is 19.2 Å². The number of aromatic nitrogens is 4. The van der Waals surface area contributed by atoms with Gasteiger partial charge >= 0.3 is 0 Å². The summed E-state index contributed by atoms with van der Waals surface area (Å²) < 4.78 is 9.57. The lowest BCUT2D eigenvalue weighted by Gasteiger charge is -2.11. The summed E-state index contributed by atoms with van der Waals surface area (Å²) in [5.41, 5.74) is 1.94. The van der Waals surface area contributed by atoms with Crippen LogP contribution in [0.2, 0.25) is 0 Å². The zero-order valence-electron chi connectivity index (χ0n) is 16.0. The van der Waals surface area contributed by atoms with E-state index in [1.807, 2.05) is 66.8 Å². The molecule has 6 nitrogen and oxygen atoms in total. The molecule has 0 saturated carbocycles. The molecule has 4 aromatic rings. The zero-order chi connectivity index (χ0) is 19.5. The first-order chi connectivity index (χ1) is 13.7. The van der Waals surface area contributed by atoms with E-state index in [2.05, 4.69) is 10.2 Å². The normalized spacial score (nSPS) is 11.4. The number of hydrogen-bond donors (Lipinski definition) is 0. The van der Waals surface area contributed by atoms with Crippen LogP contribution in [-0.4, -0.2) is 31.5 Å². The average Bonchev–Trinajstić information content (AvgIpc) is 3.13. The lowest BCUT2D eigenvalue weighted by atomic mass is 10.2. The molecule has 0 aliphatic rings. The molecule has 0 saturated heterocycles. The van der Waals surface area contributed by atoms with Crippen molar-refractivity contribution in [2.24, 2.45) is 0 Å². The molecule has 0 fully saturated rings. The maximum absolute atomic E-state index is 12.8. The Kier molecular flexibility index (Phi) is 5.34. The van der Waals surface area contributed by atoms with E-state index in [-0.39, 0.29) is 5.56 Å². The highest BCUT2D eigenvalue weighted by atomic mass is 32.2. The molecule has 4 rings (SSSR count). The third-order valence-electron chi connectivity index (χ3n) is 4.59. The first-order valence-corrected chi connectivity index (χ1v) is 10.4. The van der Waals surface area contributed by atoms with E-state index in [0.29, 0.717) is 24.3 Å². The molecular formula is C21H22N4O2S. The molecule has 0 N–H and O–H groups in total. The van der Waals surface area contributed by atoms with Gasteiger partial charge < -0.3 is 4.74 Å². The van der Waals surface area contributed by atoms with Gasteiger partial charge in [-0.2, -0.15) is 0 Å². The standard InChI is InChI=1S/C21H22N4O2S/c1-3-12-24-19(26)16-9-5-6-10-17(16)25-20(24)22-23-21(25)28-14-13-27-18-11-7-4-8-15(18)2/h4-11H,3,12-14H2,1-2H3. The Morgan fingerprint density at radius 1 is 1.07 bits per heavy atom. The van der Waals surface area contributed by atoms with Crippen LogP contribution < -0.4 is 10.3 Å². The summed E-state index contributed by atoms with van der Waals surface area (Å²) >= 11 is 1.58. The quantitative estimate of drug-likeness (QED) is 0.351. The number of rotatable bonds is 7. The summed E-state index contributed by atoms with van der Waals surface area (Å²) in [6, 6.07) is 15.6. The van der Waals surface area contributed by atoms with E-state index in [0.717, 1.165) is 34.2 Å². The fraction of sp³-hybridized carbons (Fsp3) is 0.286. The van der Waals surface area contributed by atoms with Crippen molar-refractivity contribution >= 4 is 28.4 Å². The predicted octanol–water partition coefficient (Wildman–Crippen LogP) is 3.93. The Hall–Kier alpha value is -2.80. The van der Waals surface area contributed by atoms with Gasteiger partial charge in [-0.05, 0) is 37.1 Å². The molecule has 144 valence electrons. The van der Waals surface area contributed by atoms with Gasteiger partial charge in [0.15, 0.2) is 5.16 Å². The topological polar surface area (TPSA) is 61.4 Å². The Bertz CT molecular complexity index is 1180. The van der Waals surface area contributed by atoms with Gasteiger partial charge in [-0.25, -0.2) is 0 Å². The molecule has 0 amide bonds. The summed E-state index contributed by atoms with van der Waals surface area (Å²) in [5.74, 6) is 2.22. The lowest BCUT2D eigenvalue weighted by Crippen LogP contribution is -2.23. The molecule has 0 spiro atoms. The van der Waals surface area contributed by atoms with Gasteiger partial charge in [-0.3, -0.25) is 13.8 Å². The molecule has 0 atom stereocenters. The summed E-state index contributed by atoms with van der Waals surface area (Å²) in [4.78, 5) is 12.8. The van der Waals surface area contributed by atoms with Gasteiger partial charge in [-0.1, -0.05) is 49.0 Å².